The fourth-order valence-corrected chi connectivity index (χ4v) is 4.84. The Morgan fingerprint density at radius 3 is 2.71 bits per heavy atom. The molecule has 5 nitrogen and oxygen atoms in total. The minimum atomic E-state index is -0.590. The molecular weight excluding hydrogens is 372 g/mol. The molecule has 1 saturated heterocycles. The number of ketones is 1. The van der Waals surface area contributed by atoms with Gasteiger partial charge in [0.25, 0.3) is 0 Å². The third-order valence-corrected chi connectivity index (χ3v) is 5.88. The number of allylic oxidation sites excluding steroid dienone is 4. The highest BCUT2D eigenvalue weighted by Gasteiger charge is 2.58. The molecular formula is C18H19BrN2O3. The average Bonchev–Trinajstić information content (AvgIpc) is 2.75. The van der Waals surface area contributed by atoms with Crippen LogP contribution in [-0.2, 0) is 14.3 Å². The predicted octanol–water partition coefficient (Wildman–Crippen LogP) is 3.05. The van der Waals surface area contributed by atoms with Crippen molar-refractivity contribution < 1.29 is 14.3 Å². The number of ether oxygens (including phenoxy) is 2. The predicted molar refractivity (Wildman–Crippen MR) is 93.4 cm³/mol. The summed E-state index contributed by atoms with van der Waals surface area (Å²) in [5.74, 6) is 1.37. The van der Waals surface area contributed by atoms with E-state index in [9.17, 15) is 4.79 Å². The van der Waals surface area contributed by atoms with E-state index >= 15 is 0 Å². The van der Waals surface area contributed by atoms with Crippen molar-refractivity contribution in [1.29, 1.82) is 0 Å². The van der Waals surface area contributed by atoms with Gasteiger partial charge in [-0.1, -0.05) is 18.2 Å². The third kappa shape index (κ3) is 1.89. The second kappa shape index (κ2) is 5.55. The molecule has 1 fully saturated rings. The fourth-order valence-electron chi connectivity index (χ4n) is 4.07. The molecule has 2 atom stereocenters. The van der Waals surface area contributed by atoms with Gasteiger partial charge in [-0.25, -0.2) is 0 Å². The van der Waals surface area contributed by atoms with Gasteiger partial charge in [0.15, 0.2) is 17.3 Å². The van der Waals surface area contributed by atoms with Crippen LogP contribution < -0.4 is 5.32 Å². The standard InChI is InChI=1S/C18H19BrN2O3/c1-23-14-9-18-11-5-3-4-6-12(11)21(19)16(18)8-7-13(22)17(18)20-10-15(14)24-2/h5-6,8-10,17,20H,3-4,7H2,1-2H3. The lowest BCUT2D eigenvalue weighted by Gasteiger charge is -2.38. The van der Waals surface area contributed by atoms with Gasteiger partial charge in [-0.3, -0.25) is 8.72 Å². The molecule has 2 aliphatic heterocycles. The SMILES string of the molecule is COC1=CNC2C(=O)CC=C3N(Br)C4=CCCC=C4C32C=C1OC. The fraction of sp³-hybridized carbons (Fsp3) is 0.389. The van der Waals surface area contributed by atoms with Crippen LogP contribution in [0.2, 0.25) is 0 Å². The smallest absolute Gasteiger partial charge is 0.176 e. The van der Waals surface area contributed by atoms with Crippen LogP contribution in [0.15, 0.2) is 59.0 Å². The molecule has 1 spiro atoms. The number of methoxy groups -OCH3 is 2. The van der Waals surface area contributed by atoms with Crippen molar-refractivity contribution in [1.82, 2.24) is 9.24 Å². The Bertz CT molecular complexity index is 762. The molecule has 2 heterocycles. The molecule has 2 unspecified atom stereocenters. The highest BCUT2D eigenvalue weighted by molar-refractivity contribution is 9.07. The second-order valence-corrected chi connectivity index (χ2v) is 6.93. The van der Waals surface area contributed by atoms with Gasteiger partial charge in [0.2, 0.25) is 0 Å². The van der Waals surface area contributed by atoms with Crippen LogP contribution in [0.25, 0.3) is 0 Å². The van der Waals surface area contributed by atoms with Crippen LogP contribution in [0, 0.1) is 5.41 Å². The zero-order chi connectivity index (χ0) is 16.9. The molecule has 4 aliphatic rings. The van der Waals surface area contributed by atoms with E-state index in [1.807, 2.05) is 16.1 Å². The van der Waals surface area contributed by atoms with E-state index in [2.05, 4.69) is 33.6 Å². The van der Waals surface area contributed by atoms with Gasteiger partial charge in [0, 0.05) is 18.3 Å². The quantitative estimate of drug-likeness (QED) is 0.734. The molecule has 1 N–H and O–H groups in total. The van der Waals surface area contributed by atoms with Crippen molar-refractivity contribution in [3.63, 3.8) is 0 Å². The first-order chi connectivity index (χ1) is 11.6. The Hall–Kier alpha value is -1.95. The number of carbonyl (C=O) groups is 1. The second-order valence-electron chi connectivity index (χ2n) is 6.22. The summed E-state index contributed by atoms with van der Waals surface area (Å²) < 4.78 is 13.1. The van der Waals surface area contributed by atoms with Gasteiger partial charge in [0.05, 0.1) is 41.5 Å². The van der Waals surface area contributed by atoms with E-state index in [4.69, 9.17) is 9.47 Å². The maximum atomic E-state index is 12.8. The number of hydrogen-bond donors (Lipinski definition) is 1. The van der Waals surface area contributed by atoms with Crippen LogP contribution in [0.4, 0.5) is 0 Å². The van der Waals surface area contributed by atoms with Gasteiger partial charge < -0.3 is 14.8 Å². The van der Waals surface area contributed by atoms with Crippen molar-refractivity contribution in [2.45, 2.75) is 25.3 Å². The zero-order valence-electron chi connectivity index (χ0n) is 13.6. The molecule has 0 saturated carbocycles. The summed E-state index contributed by atoms with van der Waals surface area (Å²) in [6.45, 7) is 0. The number of fused-ring (bicyclic) bond motifs is 1. The topological polar surface area (TPSA) is 50.8 Å². The van der Waals surface area contributed by atoms with E-state index in [1.54, 1.807) is 20.4 Å². The lowest BCUT2D eigenvalue weighted by atomic mass is 9.67. The van der Waals surface area contributed by atoms with E-state index in [0.29, 0.717) is 17.9 Å². The minimum absolute atomic E-state index is 0.160. The Morgan fingerprint density at radius 2 is 1.96 bits per heavy atom. The van der Waals surface area contributed by atoms with Crippen LogP contribution in [0.5, 0.6) is 0 Å². The van der Waals surface area contributed by atoms with E-state index in [1.165, 1.54) is 0 Å². The first kappa shape index (κ1) is 15.6. The van der Waals surface area contributed by atoms with Gasteiger partial charge in [-0.05, 0) is 24.5 Å². The lowest BCUT2D eigenvalue weighted by Crippen LogP contribution is -2.50. The van der Waals surface area contributed by atoms with Crippen molar-refractivity contribution in [3.8, 4) is 0 Å². The maximum absolute atomic E-state index is 12.8. The van der Waals surface area contributed by atoms with Crippen molar-refractivity contribution in [2.75, 3.05) is 14.2 Å². The van der Waals surface area contributed by atoms with Crippen molar-refractivity contribution >= 4 is 21.9 Å². The molecule has 126 valence electrons. The highest BCUT2D eigenvalue weighted by atomic mass is 79.9. The molecule has 0 bridgehead atoms. The lowest BCUT2D eigenvalue weighted by molar-refractivity contribution is -0.122. The Morgan fingerprint density at radius 1 is 1.21 bits per heavy atom. The minimum Gasteiger partial charge on any atom is -0.493 e. The number of carbonyl (C=O) groups excluding carboxylic acids is 1. The first-order valence-corrected chi connectivity index (χ1v) is 8.72. The van der Waals surface area contributed by atoms with E-state index < -0.39 is 5.41 Å². The number of hydrogen-bond acceptors (Lipinski definition) is 5. The van der Waals surface area contributed by atoms with Crippen LogP contribution in [-0.4, -0.2) is 30.0 Å². The number of nitrogens with zero attached hydrogens (tertiary/aromatic N) is 1. The van der Waals surface area contributed by atoms with Crippen molar-refractivity contribution in [3.05, 3.63) is 59.0 Å². The number of nitrogens with one attached hydrogen (secondary N) is 1. The summed E-state index contributed by atoms with van der Waals surface area (Å²) >= 11 is 3.70. The molecule has 6 heteroatoms. The highest BCUT2D eigenvalue weighted by Crippen LogP contribution is 2.59. The van der Waals surface area contributed by atoms with Gasteiger partial charge in [0.1, 0.15) is 6.04 Å². The van der Waals surface area contributed by atoms with Gasteiger partial charge >= 0.3 is 0 Å². The normalized spacial score (nSPS) is 31.1. The summed E-state index contributed by atoms with van der Waals surface area (Å²) in [6, 6.07) is -0.384. The summed E-state index contributed by atoms with van der Waals surface area (Å²) in [4.78, 5) is 12.8. The van der Waals surface area contributed by atoms with Crippen molar-refractivity contribution in [2.24, 2.45) is 5.41 Å². The monoisotopic (exact) mass is 390 g/mol. The van der Waals surface area contributed by atoms with Crippen LogP contribution in [0.1, 0.15) is 19.3 Å². The number of Topliss-reactive ketones (excluding diaryl/α,β-unsaturated/α-hetero) is 1. The molecule has 0 aromatic carbocycles. The van der Waals surface area contributed by atoms with Crippen LogP contribution in [0.3, 0.4) is 0 Å². The molecule has 2 aliphatic carbocycles. The molecule has 4 rings (SSSR count). The molecule has 24 heavy (non-hydrogen) atoms. The molecule has 0 amide bonds. The summed E-state index contributed by atoms with van der Waals surface area (Å²) in [6.07, 6.45) is 12.6. The Kier molecular flexibility index (Phi) is 3.60. The van der Waals surface area contributed by atoms with Crippen LogP contribution >= 0.6 is 16.1 Å². The number of halogens is 1. The zero-order valence-corrected chi connectivity index (χ0v) is 15.2. The van der Waals surface area contributed by atoms with Gasteiger partial charge in [-0.15, -0.1) is 0 Å². The van der Waals surface area contributed by atoms with E-state index in [0.717, 1.165) is 29.8 Å². The average molecular weight is 391 g/mol. The largest absolute Gasteiger partial charge is 0.493 e. The first-order valence-electron chi connectivity index (χ1n) is 8.01. The maximum Gasteiger partial charge on any atom is 0.176 e. The van der Waals surface area contributed by atoms with E-state index in [-0.39, 0.29) is 11.8 Å². The summed E-state index contributed by atoms with van der Waals surface area (Å²) in [7, 11) is 3.22. The molecule has 0 aromatic rings. The Balaban J connectivity index is 2.00. The molecule has 0 radical (unpaired) electrons. The molecule has 0 aromatic heterocycles. The number of rotatable bonds is 2. The summed E-state index contributed by atoms with van der Waals surface area (Å²) in [5.41, 5.74) is 2.72. The van der Waals surface area contributed by atoms with Gasteiger partial charge in [-0.2, -0.15) is 0 Å². The Labute approximate surface area is 149 Å². The third-order valence-electron chi connectivity index (χ3n) is 5.12. The summed E-state index contributed by atoms with van der Waals surface area (Å²) in [5, 5.41) is 3.29.